The molecule has 0 aliphatic heterocycles. The van der Waals surface area contributed by atoms with Crippen LogP contribution >= 0.6 is 15.9 Å². The molecule has 4 nitrogen and oxygen atoms in total. The summed E-state index contributed by atoms with van der Waals surface area (Å²) in [6.45, 7) is 0.371. The van der Waals surface area contributed by atoms with Gasteiger partial charge in [-0.1, -0.05) is 58.4 Å². The monoisotopic (exact) mass is 348 g/mol. The van der Waals surface area contributed by atoms with Gasteiger partial charge in [0.05, 0.1) is 0 Å². The number of ether oxygens (including phenoxy) is 2. The zero-order valence-electron chi connectivity index (χ0n) is 11.1. The Labute approximate surface area is 130 Å². The molecule has 0 N–H and O–H groups in total. The van der Waals surface area contributed by atoms with Crippen molar-refractivity contribution in [3.05, 3.63) is 70.2 Å². The molecule has 2 aromatic carbocycles. The van der Waals surface area contributed by atoms with Gasteiger partial charge in [-0.15, -0.1) is 0 Å². The van der Waals surface area contributed by atoms with E-state index in [0.717, 1.165) is 10.0 Å². The molecule has 0 saturated carbocycles. The third kappa shape index (κ3) is 4.43. The Morgan fingerprint density at radius 2 is 1.76 bits per heavy atom. The van der Waals surface area contributed by atoms with Gasteiger partial charge in [-0.25, -0.2) is 4.79 Å². The van der Waals surface area contributed by atoms with Crippen molar-refractivity contribution in [2.75, 3.05) is 0 Å². The van der Waals surface area contributed by atoms with Crippen molar-refractivity contribution >= 4 is 28.4 Å². The lowest BCUT2D eigenvalue weighted by atomic mass is 10.1. The summed E-state index contributed by atoms with van der Waals surface area (Å²) in [6.07, 6.45) is -1.04. The fourth-order valence-electron chi connectivity index (χ4n) is 1.76. The van der Waals surface area contributed by atoms with Crippen LogP contribution in [0.2, 0.25) is 0 Å². The average molecular weight is 349 g/mol. The number of halogens is 1. The summed E-state index contributed by atoms with van der Waals surface area (Å²) in [5.74, 6) is -0.601. The van der Waals surface area contributed by atoms with Gasteiger partial charge in [0.1, 0.15) is 6.61 Å². The maximum atomic E-state index is 12.1. The first-order chi connectivity index (χ1) is 10.2. The molecule has 0 bridgehead atoms. The van der Waals surface area contributed by atoms with Crippen LogP contribution in [0.15, 0.2) is 59.1 Å². The van der Waals surface area contributed by atoms with E-state index in [0.29, 0.717) is 5.56 Å². The van der Waals surface area contributed by atoms with E-state index in [4.69, 9.17) is 9.47 Å². The Kier molecular flexibility index (Phi) is 5.51. The summed E-state index contributed by atoms with van der Waals surface area (Å²) in [6, 6.07) is 16.2. The van der Waals surface area contributed by atoms with Crippen molar-refractivity contribution in [3.8, 4) is 0 Å². The predicted octanol–water partition coefficient (Wildman–Crippen LogP) is 3.41. The molecular weight excluding hydrogens is 336 g/mol. The number of esters is 1. The van der Waals surface area contributed by atoms with Gasteiger partial charge in [0.15, 0.2) is 0 Å². The second-order valence-corrected chi connectivity index (χ2v) is 5.17. The maximum absolute atomic E-state index is 12.1. The van der Waals surface area contributed by atoms with E-state index in [1.165, 1.54) is 0 Å². The molecule has 0 aromatic heterocycles. The minimum Gasteiger partial charge on any atom is -0.458 e. The molecule has 0 fully saturated rings. The van der Waals surface area contributed by atoms with E-state index in [1.807, 2.05) is 30.3 Å². The fourth-order valence-corrected chi connectivity index (χ4v) is 2.03. The summed E-state index contributed by atoms with van der Waals surface area (Å²) >= 11 is 3.33. The number of hydrogen-bond acceptors (Lipinski definition) is 4. The molecule has 0 amide bonds. The van der Waals surface area contributed by atoms with Gasteiger partial charge in [-0.2, -0.15) is 0 Å². The normalized spacial score (nSPS) is 11.5. The molecule has 108 valence electrons. The van der Waals surface area contributed by atoms with E-state index in [9.17, 15) is 9.59 Å². The second kappa shape index (κ2) is 7.59. The second-order valence-electron chi connectivity index (χ2n) is 4.26. The highest BCUT2D eigenvalue weighted by molar-refractivity contribution is 9.10. The Morgan fingerprint density at radius 3 is 2.38 bits per heavy atom. The van der Waals surface area contributed by atoms with Gasteiger partial charge < -0.3 is 9.47 Å². The van der Waals surface area contributed by atoms with Crippen molar-refractivity contribution in [2.45, 2.75) is 12.7 Å². The minimum absolute atomic E-state index is 0.123. The zero-order chi connectivity index (χ0) is 15.1. The van der Waals surface area contributed by atoms with Gasteiger partial charge in [0, 0.05) is 10.0 Å². The molecule has 0 aliphatic carbocycles. The zero-order valence-corrected chi connectivity index (χ0v) is 12.7. The highest BCUT2D eigenvalue weighted by atomic mass is 79.9. The first-order valence-electron chi connectivity index (χ1n) is 6.26. The number of carbonyl (C=O) groups excluding carboxylic acids is 2. The lowest BCUT2D eigenvalue weighted by Gasteiger charge is -2.14. The summed E-state index contributed by atoms with van der Waals surface area (Å²) < 4.78 is 11.0. The third-order valence-electron chi connectivity index (χ3n) is 2.80. The molecule has 5 heteroatoms. The quantitative estimate of drug-likeness (QED) is 0.593. The topological polar surface area (TPSA) is 52.6 Å². The van der Waals surface area contributed by atoms with Crippen molar-refractivity contribution in [1.29, 1.82) is 0 Å². The van der Waals surface area contributed by atoms with Crippen LogP contribution < -0.4 is 0 Å². The third-order valence-corrected chi connectivity index (χ3v) is 3.33. The highest BCUT2D eigenvalue weighted by Gasteiger charge is 2.23. The fraction of sp³-hybridized carbons (Fsp3) is 0.125. The van der Waals surface area contributed by atoms with Crippen LogP contribution in [-0.4, -0.2) is 12.4 Å². The predicted molar refractivity (Wildman–Crippen MR) is 80.3 cm³/mol. The largest absolute Gasteiger partial charge is 0.458 e. The van der Waals surface area contributed by atoms with E-state index in [-0.39, 0.29) is 13.1 Å². The van der Waals surface area contributed by atoms with Crippen LogP contribution in [0, 0.1) is 0 Å². The summed E-state index contributed by atoms with van der Waals surface area (Å²) in [5, 5.41) is 0. The lowest BCUT2D eigenvalue weighted by molar-refractivity contribution is -0.163. The van der Waals surface area contributed by atoms with Crippen LogP contribution in [0.25, 0.3) is 0 Å². The first kappa shape index (κ1) is 15.3. The van der Waals surface area contributed by atoms with Crippen LogP contribution in [0.4, 0.5) is 0 Å². The number of carbonyl (C=O) groups is 2. The van der Waals surface area contributed by atoms with Gasteiger partial charge in [0.2, 0.25) is 6.10 Å². The first-order valence-corrected chi connectivity index (χ1v) is 7.05. The van der Waals surface area contributed by atoms with E-state index in [1.54, 1.807) is 24.3 Å². The average Bonchev–Trinajstić information content (AvgIpc) is 2.52. The highest BCUT2D eigenvalue weighted by Crippen LogP contribution is 2.19. The van der Waals surface area contributed by atoms with E-state index < -0.39 is 12.1 Å². The molecule has 0 saturated heterocycles. The standard InChI is InChI=1S/C16H13BrO4/c17-14-8-6-12(7-9-14)10-20-16(19)15(21-11-18)13-4-2-1-3-5-13/h1-9,11,15H,10H2. The summed E-state index contributed by atoms with van der Waals surface area (Å²) in [7, 11) is 0. The lowest BCUT2D eigenvalue weighted by Crippen LogP contribution is -2.18. The molecule has 1 unspecified atom stereocenters. The number of benzene rings is 2. The van der Waals surface area contributed by atoms with Gasteiger partial charge >= 0.3 is 5.97 Å². The molecule has 1 atom stereocenters. The number of rotatable bonds is 6. The summed E-state index contributed by atoms with van der Waals surface area (Å²) in [5.41, 5.74) is 1.43. The maximum Gasteiger partial charge on any atom is 0.352 e. The molecule has 2 rings (SSSR count). The molecule has 0 aliphatic rings. The van der Waals surface area contributed by atoms with E-state index in [2.05, 4.69) is 15.9 Å². The van der Waals surface area contributed by atoms with Crippen molar-refractivity contribution in [2.24, 2.45) is 0 Å². The van der Waals surface area contributed by atoms with Crippen molar-refractivity contribution in [3.63, 3.8) is 0 Å². The smallest absolute Gasteiger partial charge is 0.352 e. The molecule has 0 spiro atoms. The van der Waals surface area contributed by atoms with Crippen molar-refractivity contribution in [1.82, 2.24) is 0 Å². The minimum atomic E-state index is -1.04. The van der Waals surface area contributed by atoms with Crippen LogP contribution in [0.3, 0.4) is 0 Å². The van der Waals surface area contributed by atoms with Gasteiger partial charge in [-0.05, 0) is 17.7 Å². The Morgan fingerprint density at radius 1 is 1.10 bits per heavy atom. The number of hydrogen-bond donors (Lipinski definition) is 0. The van der Waals surface area contributed by atoms with Crippen molar-refractivity contribution < 1.29 is 19.1 Å². The molecule has 0 radical (unpaired) electrons. The SMILES string of the molecule is O=COC(C(=O)OCc1ccc(Br)cc1)c1ccccc1. The summed E-state index contributed by atoms with van der Waals surface area (Å²) in [4.78, 5) is 22.6. The van der Waals surface area contributed by atoms with Crippen LogP contribution in [-0.2, 0) is 25.7 Å². The molecule has 0 heterocycles. The van der Waals surface area contributed by atoms with Crippen LogP contribution in [0.5, 0.6) is 0 Å². The molecule has 2 aromatic rings. The van der Waals surface area contributed by atoms with E-state index >= 15 is 0 Å². The van der Waals surface area contributed by atoms with Gasteiger partial charge in [-0.3, -0.25) is 4.79 Å². The Bertz CT molecular complexity index is 595. The van der Waals surface area contributed by atoms with Crippen LogP contribution in [0.1, 0.15) is 17.2 Å². The Balaban J connectivity index is 2.02. The molecular formula is C16H13BrO4. The Hall–Kier alpha value is -2.14. The van der Waals surface area contributed by atoms with Gasteiger partial charge in [0.25, 0.3) is 6.47 Å². The molecule has 21 heavy (non-hydrogen) atoms.